The highest BCUT2D eigenvalue weighted by atomic mass is 15.0. The van der Waals surface area contributed by atoms with Gasteiger partial charge in [-0.15, -0.1) is 6.58 Å². The van der Waals surface area contributed by atoms with Crippen LogP contribution in [-0.4, -0.2) is 12.1 Å². The van der Waals surface area contributed by atoms with Gasteiger partial charge < -0.3 is 5.32 Å². The maximum Gasteiger partial charge on any atom is 0.0194 e. The SMILES string of the molecule is C=CCCCNC12CC3CC(C)(CC(C)(C3)C1)C2. The zero-order valence-corrected chi connectivity index (χ0v) is 12.2. The molecule has 0 heterocycles. The lowest BCUT2D eigenvalue weighted by molar-refractivity contribution is -0.117. The molecule has 4 aliphatic rings. The van der Waals surface area contributed by atoms with Crippen LogP contribution in [0.15, 0.2) is 12.7 Å². The van der Waals surface area contributed by atoms with E-state index < -0.39 is 0 Å². The molecule has 2 atom stereocenters. The van der Waals surface area contributed by atoms with Crippen LogP contribution in [0.2, 0.25) is 0 Å². The summed E-state index contributed by atoms with van der Waals surface area (Å²) in [5, 5.41) is 3.96. The number of hydrogen-bond acceptors (Lipinski definition) is 1. The van der Waals surface area contributed by atoms with Crippen molar-refractivity contribution < 1.29 is 0 Å². The zero-order chi connectivity index (χ0) is 12.9. The van der Waals surface area contributed by atoms with Crippen molar-refractivity contribution in [2.75, 3.05) is 6.54 Å². The van der Waals surface area contributed by atoms with Gasteiger partial charge in [-0.05, 0) is 74.7 Å². The third kappa shape index (κ3) is 2.15. The Morgan fingerprint density at radius 1 is 1.11 bits per heavy atom. The van der Waals surface area contributed by atoms with E-state index in [1.165, 1.54) is 51.5 Å². The predicted octanol–water partition coefficient (Wildman–Crippen LogP) is 4.29. The third-order valence-corrected chi connectivity index (χ3v) is 5.71. The summed E-state index contributed by atoms with van der Waals surface area (Å²) in [6.07, 6.45) is 13.2. The average molecular weight is 247 g/mol. The van der Waals surface area contributed by atoms with Gasteiger partial charge >= 0.3 is 0 Å². The average Bonchev–Trinajstić information content (AvgIpc) is 2.19. The van der Waals surface area contributed by atoms with Crippen LogP contribution in [0, 0.1) is 16.7 Å². The highest BCUT2D eigenvalue weighted by molar-refractivity contribution is 5.14. The second kappa shape index (κ2) is 4.10. The van der Waals surface area contributed by atoms with E-state index in [4.69, 9.17) is 0 Å². The van der Waals surface area contributed by atoms with E-state index in [9.17, 15) is 0 Å². The van der Waals surface area contributed by atoms with E-state index in [1.807, 2.05) is 6.08 Å². The standard InChI is InChI=1S/C17H29N/c1-4-5-6-7-18-17-10-14-8-15(2,12-17)11-16(3,9-14)13-17/h4,14,18H,1,5-13H2,2-3H3. The van der Waals surface area contributed by atoms with E-state index >= 15 is 0 Å². The van der Waals surface area contributed by atoms with Crippen LogP contribution in [-0.2, 0) is 0 Å². The fourth-order valence-electron chi connectivity index (χ4n) is 6.24. The van der Waals surface area contributed by atoms with E-state index in [2.05, 4.69) is 25.7 Å². The molecule has 18 heavy (non-hydrogen) atoms. The number of allylic oxidation sites excluding steroid dienone is 1. The molecule has 4 fully saturated rings. The van der Waals surface area contributed by atoms with Crippen LogP contribution in [0.4, 0.5) is 0 Å². The second-order valence-corrected chi connectivity index (χ2v) is 8.27. The van der Waals surface area contributed by atoms with E-state index in [0.29, 0.717) is 16.4 Å². The molecule has 0 aromatic rings. The second-order valence-electron chi connectivity index (χ2n) is 8.27. The first kappa shape index (κ1) is 12.7. The molecular formula is C17H29N. The summed E-state index contributed by atoms with van der Waals surface area (Å²) < 4.78 is 0. The van der Waals surface area contributed by atoms with Crippen LogP contribution in [0.5, 0.6) is 0 Å². The van der Waals surface area contributed by atoms with Crippen molar-refractivity contribution in [3.8, 4) is 0 Å². The van der Waals surface area contributed by atoms with Gasteiger partial charge in [0.25, 0.3) is 0 Å². The number of nitrogens with one attached hydrogen (secondary N) is 1. The third-order valence-electron chi connectivity index (χ3n) is 5.71. The largest absolute Gasteiger partial charge is 0.311 e. The summed E-state index contributed by atoms with van der Waals surface area (Å²) >= 11 is 0. The number of unbranched alkanes of at least 4 members (excludes halogenated alkanes) is 1. The van der Waals surface area contributed by atoms with Crippen LogP contribution in [0.1, 0.15) is 65.2 Å². The minimum absolute atomic E-state index is 0.490. The Morgan fingerprint density at radius 2 is 1.78 bits per heavy atom. The lowest BCUT2D eigenvalue weighted by Crippen LogP contribution is -2.64. The van der Waals surface area contributed by atoms with E-state index in [0.717, 1.165) is 12.3 Å². The van der Waals surface area contributed by atoms with Gasteiger partial charge in [-0.2, -0.15) is 0 Å². The molecule has 4 aliphatic carbocycles. The van der Waals surface area contributed by atoms with Crippen LogP contribution in [0.3, 0.4) is 0 Å². The topological polar surface area (TPSA) is 12.0 Å². The Bertz CT molecular complexity index is 328. The lowest BCUT2D eigenvalue weighted by atomic mass is 9.43. The molecule has 1 heteroatoms. The van der Waals surface area contributed by atoms with Crippen molar-refractivity contribution in [2.45, 2.75) is 70.8 Å². The van der Waals surface area contributed by atoms with Crippen molar-refractivity contribution >= 4 is 0 Å². The highest BCUT2D eigenvalue weighted by Crippen LogP contribution is 2.66. The fraction of sp³-hybridized carbons (Fsp3) is 0.882. The Balaban J connectivity index is 1.70. The summed E-state index contributed by atoms with van der Waals surface area (Å²) in [6.45, 7) is 10.1. The van der Waals surface area contributed by atoms with Crippen molar-refractivity contribution in [2.24, 2.45) is 16.7 Å². The Morgan fingerprint density at radius 3 is 2.33 bits per heavy atom. The van der Waals surface area contributed by atoms with Crippen LogP contribution < -0.4 is 5.32 Å². The van der Waals surface area contributed by atoms with Gasteiger partial charge in [0.15, 0.2) is 0 Å². The lowest BCUT2D eigenvalue weighted by Gasteiger charge is -2.65. The predicted molar refractivity (Wildman–Crippen MR) is 77.6 cm³/mol. The van der Waals surface area contributed by atoms with Crippen molar-refractivity contribution in [3.63, 3.8) is 0 Å². The molecule has 2 unspecified atom stereocenters. The maximum atomic E-state index is 3.96. The highest BCUT2D eigenvalue weighted by Gasteiger charge is 2.59. The minimum atomic E-state index is 0.490. The smallest absolute Gasteiger partial charge is 0.0194 e. The summed E-state index contributed by atoms with van der Waals surface area (Å²) in [5.74, 6) is 1.00. The minimum Gasteiger partial charge on any atom is -0.311 e. The van der Waals surface area contributed by atoms with Gasteiger partial charge in [-0.1, -0.05) is 19.9 Å². The van der Waals surface area contributed by atoms with Gasteiger partial charge in [0, 0.05) is 5.54 Å². The molecule has 1 nitrogen and oxygen atoms in total. The summed E-state index contributed by atoms with van der Waals surface area (Å²) in [7, 11) is 0. The molecule has 102 valence electrons. The molecule has 1 N–H and O–H groups in total. The molecule has 4 bridgehead atoms. The first-order valence-corrected chi connectivity index (χ1v) is 7.83. The number of hydrogen-bond donors (Lipinski definition) is 1. The van der Waals surface area contributed by atoms with Gasteiger partial charge in [0.1, 0.15) is 0 Å². The molecule has 4 saturated carbocycles. The Kier molecular flexibility index (Phi) is 2.89. The number of rotatable bonds is 5. The zero-order valence-electron chi connectivity index (χ0n) is 12.2. The molecular weight excluding hydrogens is 218 g/mol. The van der Waals surface area contributed by atoms with Crippen molar-refractivity contribution in [3.05, 3.63) is 12.7 Å². The first-order chi connectivity index (χ1) is 8.47. The molecule has 0 aliphatic heterocycles. The molecule has 4 rings (SSSR count). The van der Waals surface area contributed by atoms with Gasteiger partial charge in [0.2, 0.25) is 0 Å². The summed E-state index contributed by atoms with van der Waals surface area (Å²) in [4.78, 5) is 0. The van der Waals surface area contributed by atoms with E-state index in [-0.39, 0.29) is 0 Å². The van der Waals surface area contributed by atoms with Crippen molar-refractivity contribution in [1.29, 1.82) is 0 Å². The molecule has 0 aromatic heterocycles. The maximum absolute atomic E-state index is 3.96. The van der Waals surface area contributed by atoms with Gasteiger partial charge in [-0.3, -0.25) is 0 Å². The first-order valence-electron chi connectivity index (χ1n) is 7.83. The molecule has 0 spiro atoms. The van der Waals surface area contributed by atoms with Crippen molar-refractivity contribution in [1.82, 2.24) is 5.32 Å². The van der Waals surface area contributed by atoms with Crippen LogP contribution in [0.25, 0.3) is 0 Å². The normalized spacial score (nSPS) is 49.6. The quantitative estimate of drug-likeness (QED) is 0.564. The summed E-state index contributed by atoms with van der Waals surface area (Å²) in [5.41, 5.74) is 1.77. The molecule has 0 aromatic carbocycles. The van der Waals surface area contributed by atoms with Gasteiger partial charge in [-0.25, -0.2) is 0 Å². The Hall–Kier alpha value is -0.300. The molecule has 0 saturated heterocycles. The molecule has 0 radical (unpaired) electrons. The monoisotopic (exact) mass is 247 g/mol. The van der Waals surface area contributed by atoms with Gasteiger partial charge in [0.05, 0.1) is 0 Å². The summed E-state index contributed by atoms with van der Waals surface area (Å²) in [6, 6.07) is 0. The fourth-order valence-corrected chi connectivity index (χ4v) is 6.24. The Labute approximate surface area is 112 Å². The van der Waals surface area contributed by atoms with Crippen LogP contribution >= 0.6 is 0 Å². The molecule has 0 amide bonds. The van der Waals surface area contributed by atoms with E-state index in [1.54, 1.807) is 0 Å².